The molecule has 1 aromatic rings. The Morgan fingerprint density at radius 3 is 2.76 bits per heavy atom. The topological polar surface area (TPSA) is 38.5 Å². The Kier molecular flexibility index (Phi) is 4.40. The summed E-state index contributed by atoms with van der Waals surface area (Å²) in [5.74, 6) is 0. The summed E-state index contributed by atoms with van der Waals surface area (Å²) in [5.41, 5.74) is 7.88. The van der Waals surface area contributed by atoms with E-state index in [1.54, 1.807) is 0 Å². The Morgan fingerprint density at radius 1 is 1.35 bits per heavy atom. The molecule has 1 aromatic carbocycles. The predicted molar refractivity (Wildman–Crippen MR) is 71.0 cm³/mol. The molecule has 17 heavy (non-hydrogen) atoms. The van der Waals surface area contributed by atoms with E-state index in [0.717, 1.165) is 18.7 Å². The van der Waals surface area contributed by atoms with E-state index in [0.29, 0.717) is 6.10 Å². The van der Waals surface area contributed by atoms with Crippen LogP contribution in [0.4, 0.5) is 5.69 Å². The highest BCUT2D eigenvalue weighted by molar-refractivity contribution is 5.39. The van der Waals surface area contributed by atoms with Gasteiger partial charge in [-0.3, -0.25) is 0 Å². The molecule has 1 fully saturated rings. The van der Waals surface area contributed by atoms with Gasteiger partial charge in [-0.1, -0.05) is 12.1 Å². The molecule has 1 heterocycles. The van der Waals surface area contributed by atoms with Gasteiger partial charge in [0.15, 0.2) is 0 Å². The standard InChI is InChI=1S/C14H22N2O/c1-17-14-8-10-16(11-14)9-2-3-12-4-6-13(15)7-5-12/h4-7,14H,2-3,8-11,15H2,1H3. The summed E-state index contributed by atoms with van der Waals surface area (Å²) in [6.45, 7) is 3.45. The van der Waals surface area contributed by atoms with E-state index in [-0.39, 0.29) is 0 Å². The van der Waals surface area contributed by atoms with Crippen molar-refractivity contribution in [1.29, 1.82) is 0 Å². The maximum atomic E-state index is 5.66. The monoisotopic (exact) mass is 234 g/mol. The average Bonchev–Trinajstić information content (AvgIpc) is 2.80. The van der Waals surface area contributed by atoms with Gasteiger partial charge in [-0.25, -0.2) is 0 Å². The second kappa shape index (κ2) is 6.03. The number of hydrogen-bond donors (Lipinski definition) is 1. The third kappa shape index (κ3) is 3.72. The van der Waals surface area contributed by atoms with Crippen molar-refractivity contribution in [3.8, 4) is 0 Å². The minimum atomic E-state index is 0.450. The van der Waals surface area contributed by atoms with Gasteiger partial charge < -0.3 is 15.4 Å². The first-order valence-corrected chi connectivity index (χ1v) is 6.37. The molecule has 0 saturated carbocycles. The van der Waals surface area contributed by atoms with Crippen LogP contribution >= 0.6 is 0 Å². The molecule has 1 aliphatic heterocycles. The minimum Gasteiger partial charge on any atom is -0.399 e. The molecule has 0 aromatic heterocycles. The Balaban J connectivity index is 1.68. The van der Waals surface area contributed by atoms with Gasteiger partial charge in [0.2, 0.25) is 0 Å². The van der Waals surface area contributed by atoms with E-state index in [2.05, 4.69) is 17.0 Å². The van der Waals surface area contributed by atoms with E-state index in [9.17, 15) is 0 Å². The molecule has 0 aliphatic carbocycles. The van der Waals surface area contributed by atoms with Crippen LogP contribution in [-0.4, -0.2) is 37.7 Å². The maximum absolute atomic E-state index is 5.66. The molecular formula is C14H22N2O. The van der Waals surface area contributed by atoms with Gasteiger partial charge in [-0.05, 0) is 43.5 Å². The number of rotatable bonds is 5. The van der Waals surface area contributed by atoms with Crippen molar-refractivity contribution in [2.75, 3.05) is 32.5 Å². The van der Waals surface area contributed by atoms with Crippen LogP contribution in [0.3, 0.4) is 0 Å². The summed E-state index contributed by atoms with van der Waals surface area (Å²) in [6.07, 6.45) is 3.97. The molecule has 0 bridgehead atoms. The van der Waals surface area contributed by atoms with Crippen molar-refractivity contribution in [3.05, 3.63) is 29.8 Å². The van der Waals surface area contributed by atoms with Crippen LogP contribution in [-0.2, 0) is 11.2 Å². The zero-order valence-electron chi connectivity index (χ0n) is 10.6. The van der Waals surface area contributed by atoms with Gasteiger partial charge in [-0.15, -0.1) is 0 Å². The quantitative estimate of drug-likeness (QED) is 0.791. The SMILES string of the molecule is COC1CCN(CCCc2ccc(N)cc2)C1. The summed E-state index contributed by atoms with van der Waals surface area (Å²) >= 11 is 0. The number of benzene rings is 1. The number of nitrogen functional groups attached to an aromatic ring is 1. The van der Waals surface area contributed by atoms with E-state index >= 15 is 0 Å². The van der Waals surface area contributed by atoms with Crippen LogP contribution in [0.15, 0.2) is 24.3 Å². The Bertz CT molecular complexity index is 337. The van der Waals surface area contributed by atoms with Crippen LogP contribution in [0, 0.1) is 0 Å². The number of nitrogens with zero attached hydrogens (tertiary/aromatic N) is 1. The van der Waals surface area contributed by atoms with E-state index in [1.807, 2.05) is 19.2 Å². The minimum absolute atomic E-state index is 0.450. The maximum Gasteiger partial charge on any atom is 0.0710 e. The summed E-state index contributed by atoms with van der Waals surface area (Å²) in [5, 5.41) is 0. The molecule has 1 unspecified atom stereocenters. The molecule has 1 aliphatic rings. The van der Waals surface area contributed by atoms with Gasteiger partial charge in [-0.2, -0.15) is 0 Å². The van der Waals surface area contributed by atoms with Crippen LogP contribution in [0.1, 0.15) is 18.4 Å². The van der Waals surface area contributed by atoms with Crippen molar-refractivity contribution in [2.45, 2.75) is 25.4 Å². The van der Waals surface area contributed by atoms with Crippen LogP contribution in [0.25, 0.3) is 0 Å². The number of hydrogen-bond acceptors (Lipinski definition) is 3. The van der Waals surface area contributed by atoms with Crippen molar-refractivity contribution in [2.24, 2.45) is 0 Å². The zero-order chi connectivity index (χ0) is 12.1. The summed E-state index contributed by atoms with van der Waals surface area (Å²) in [6, 6.07) is 8.20. The number of anilines is 1. The highest BCUT2D eigenvalue weighted by Gasteiger charge is 2.20. The fourth-order valence-corrected chi connectivity index (χ4v) is 2.38. The fourth-order valence-electron chi connectivity index (χ4n) is 2.38. The lowest BCUT2D eigenvalue weighted by Gasteiger charge is -2.15. The van der Waals surface area contributed by atoms with Crippen LogP contribution in [0.2, 0.25) is 0 Å². The van der Waals surface area contributed by atoms with Gasteiger partial charge in [0, 0.05) is 25.9 Å². The Labute approximate surface area is 104 Å². The fraction of sp³-hybridized carbons (Fsp3) is 0.571. The molecule has 0 spiro atoms. The lowest BCUT2D eigenvalue weighted by Crippen LogP contribution is -2.24. The van der Waals surface area contributed by atoms with E-state index in [1.165, 1.54) is 31.5 Å². The summed E-state index contributed by atoms with van der Waals surface area (Å²) < 4.78 is 5.36. The Morgan fingerprint density at radius 2 is 2.12 bits per heavy atom. The molecule has 0 radical (unpaired) electrons. The first-order chi connectivity index (χ1) is 8.28. The predicted octanol–water partition coefficient (Wildman–Crippen LogP) is 1.92. The molecule has 1 saturated heterocycles. The molecule has 0 amide bonds. The number of nitrogens with two attached hydrogens (primary N) is 1. The lowest BCUT2D eigenvalue weighted by atomic mass is 10.1. The molecular weight excluding hydrogens is 212 g/mol. The van der Waals surface area contributed by atoms with Crippen molar-refractivity contribution < 1.29 is 4.74 Å². The average molecular weight is 234 g/mol. The van der Waals surface area contributed by atoms with Crippen LogP contribution < -0.4 is 5.73 Å². The molecule has 94 valence electrons. The zero-order valence-corrected chi connectivity index (χ0v) is 10.6. The molecule has 1 atom stereocenters. The number of ether oxygens (including phenoxy) is 1. The van der Waals surface area contributed by atoms with Gasteiger partial charge >= 0.3 is 0 Å². The third-order valence-corrected chi connectivity index (χ3v) is 3.48. The first-order valence-electron chi connectivity index (χ1n) is 6.37. The summed E-state index contributed by atoms with van der Waals surface area (Å²) in [7, 11) is 1.81. The van der Waals surface area contributed by atoms with Crippen molar-refractivity contribution in [3.63, 3.8) is 0 Å². The Hall–Kier alpha value is -1.06. The first kappa shape index (κ1) is 12.4. The molecule has 2 N–H and O–H groups in total. The van der Waals surface area contributed by atoms with Gasteiger partial charge in [0.25, 0.3) is 0 Å². The van der Waals surface area contributed by atoms with Crippen molar-refractivity contribution in [1.82, 2.24) is 4.90 Å². The number of methoxy groups -OCH3 is 1. The largest absolute Gasteiger partial charge is 0.399 e. The molecule has 2 rings (SSSR count). The lowest BCUT2D eigenvalue weighted by molar-refractivity contribution is 0.108. The van der Waals surface area contributed by atoms with Gasteiger partial charge in [0.05, 0.1) is 6.10 Å². The highest BCUT2D eigenvalue weighted by atomic mass is 16.5. The smallest absolute Gasteiger partial charge is 0.0710 e. The number of aryl methyl sites for hydroxylation is 1. The molecule has 3 nitrogen and oxygen atoms in total. The van der Waals surface area contributed by atoms with Gasteiger partial charge in [0.1, 0.15) is 0 Å². The normalized spacial score (nSPS) is 20.9. The summed E-state index contributed by atoms with van der Waals surface area (Å²) in [4.78, 5) is 2.49. The van der Waals surface area contributed by atoms with E-state index < -0.39 is 0 Å². The second-order valence-electron chi connectivity index (χ2n) is 4.79. The third-order valence-electron chi connectivity index (χ3n) is 3.48. The van der Waals surface area contributed by atoms with E-state index in [4.69, 9.17) is 10.5 Å². The van der Waals surface area contributed by atoms with Crippen LogP contribution in [0.5, 0.6) is 0 Å². The van der Waals surface area contributed by atoms with Crippen molar-refractivity contribution >= 4 is 5.69 Å². The molecule has 3 heteroatoms. The highest BCUT2D eigenvalue weighted by Crippen LogP contribution is 2.13. The second-order valence-corrected chi connectivity index (χ2v) is 4.79. The number of likely N-dealkylation sites (tertiary alicyclic amines) is 1.